The molecule has 0 saturated carbocycles. The van der Waals surface area contributed by atoms with Gasteiger partial charge in [0.05, 0.1) is 6.54 Å². The zero-order chi connectivity index (χ0) is 15.4. The second-order valence-electron chi connectivity index (χ2n) is 5.54. The summed E-state index contributed by atoms with van der Waals surface area (Å²) in [6.07, 6.45) is 0.879. The Hall–Kier alpha value is -2.08. The SMILES string of the molecule is CC(=O)NC1CCN(CC(=O)Nc2cc(N)ccc2C)C1. The third-order valence-corrected chi connectivity index (χ3v) is 3.58. The normalized spacial score (nSPS) is 18.5. The van der Waals surface area contributed by atoms with E-state index < -0.39 is 0 Å². The van der Waals surface area contributed by atoms with Crippen LogP contribution in [0.25, 0.3) is 0 Å². The van der Waals surface area contributed by atoms with Crippen LogP contribution in [0.2, 0.25) is 0 Å². The molecule has 0 aliphatic carbocycles. The zero-order valence-electron chi connectivity index (χ0n) is 12.5. The average Bonchev–Trinajstić information content (AvgIpc) is 2.80. The summed E-state index contributed by atoms with van der Waals surface area (Å²) in [6, 6.07) is 5.60. The van der Waals surface area contributed by atoms with Crippen LogP contribution < -0.4 is 16.4 Å². The van der Waals surface area contributed by atoms with Crippen molar-refractivity contribution in [3.05, 3.63) is 23.8 Å². The molecule has 1 aliphatic rings. The number of anilines is 2. The third kappa shape index (κ3) is 4.46. The predicted octanol–water partition coefficient (Wildman–Crippen LogP) is 0.726. The molecule has 2 rings (SSSR count). The van der Waals surface area contributed by atoms with Crippen LogP contribution in [0.1, 0.15) is 18.9 Å². The first kappa shape index (κ1) is 15.3. The van der Waals surface area contributed by atoms with Gasteiger partial charge in [-0.3, -0.25) is 14.5 Å². The number of hydrogen-bond donors (Lipinski definition) is 3. The number of aryl methyl sites for hydroxylation is 1. The van der Waals surface area contributed by atoms with Crippen LogP contribution in [0.4, 0.5) is 11.4 Å². The topological polar surface area (TPSA) is 87.5 Å². The van der Waals surface area contributed by atoms with Gasteiger partial charge in [-0.05, 0) is 31.0 Å². The minimum Gasteiger partial charge on any atom is -0.399 e. The first-order chi connectivity index (χ1) is 9.94. The number of nitrogens with two attached hydrogens (primary N) is 1. The van der Waals surface area contributed by atoms with Crippen LogP contribution in [-0.2, 0) is 9.59 Å². The van der Waals surface area contributed by atoms with Gasteiger partial charge in [-0.2, -0.15) is 0 Å². The summed E-state index contributed by atoms with van der Waals surface area (Å²) in [5, 5.41) is 5.77. The summed E-state index contributed by atoms with van der Waals surface area (Å²) in [5.74, 6) is -0.0890. The molecular weight excluding hydrogens is 268 g/mol. The number of rotatable bonds is 4. The van der Waals surface area contributed by atoms with Gasteiger partial charge in [0.15, 0.2) is 0 Å². The highest BCUT2D eigenvalue weighted by Crippen LogP contribution is 2.18. The van der Waals surface area contributed by atoms with Gasteiger partial charge in [0.2, 0.25) is 11.8 Å². The Morgan fingerprint density at radius 3 is 2.90 bits per heavy atom. The fourth-order valence-electron chi connectivity index (χ4n) is 2.55. The van der Waals surface area contributed by atoms with E-state index in [1.165, 1.54) is 6.92 Å². The number of likely N-dealkylation sites (tertiary alicyclic amines) is 1. The lowest BCUT2D eigenvalue weighted by atomic mass is 10.2. The van der Waals surface area contributed by atoms with Gasteiger partial charge in [-0.15, -0.1) is 0 Å². The molecule has 4 N–H and O–H groups in total. The Morgan fingerprint density at radius 1 is 1.43 bits per heavy atom. The lowest BCUT2D eigenvalue weighted by Crippen LogP contribution is -2.37. The van der Waals surface area contributed by atoms with Crippen molar-refractivity contribution in [3.63, 3.8) is 0 Å². The summed E-state index contributed by atoms with van der Waals surface area (Å²) in [7, 11) is 0. The fourth-order valence-corrected chi connectivity index (χ4v) is 2.55. The van der Waals surface area contributed by atoms with Crippen molar-refractivity contribution in [2.75, 3.05) is 30.7 Å². The van der Waals surface area contributed by atoms with Crippen molar-refractivity contribution in [3.8, 4) is 0 Å². The highest BCUT2D eigenvalue weighted by Gasteiger charge is 2.24. The summed E-state index contributed by atoms with van der Waals surface area (Å²) < 4.78 is 0. The summed E-state index contributed by atoms with van der Waals surface area (Å²) in [6.45, 7) is 5.29. The molecule has 2 amide bonds. The number of carbonyl (C=O) groups excluding carboxylic acids is 2. The molecule has 21 heavy (non-hydrogen) atoms. The van der Waals surface area contributed by atoms with E-state index in [-0.39, 0.29) is 17.9 Å². The molecule has 1 aliphatic heterocycles. The quantitative estimate of drug-likeness (QED) is 0.713. The van der Waals surface area contributed by atoms with Gasteiger partial charge < -0.3 is 16.4 Å². The minimum absolute atomic E-state index is 0.0262. The number of nitrogens with one attached hydrogen (secondary N) is 2. The van der Waals surface area contributed by atoms with Crippen molar-refractivity contribution >= 4 is 23.2 Å². The molecule has 114 valence electrons. The highest BCUT2D eigenvalue weighted by molar-refractivity contribution is 5.93. The first-order valence-corrected chi connectivity index (χ1v) is 7.09. The average molecular weight is 290 g/mol. The Labute approximate surface area is 124 Å². The maximum Gasteiger partial charge on any atom is 0.238 e. The zero-order valence-corrected chi connectivity index (χ0v) is 12.5. The Balaban J connectivity index is 1.85. The fraction of sp³-hybridized carbons (Fsp3) is 0.467. The molecule has 1 saturated heterocycles. The Kier molecular flexibility index (Phi) is 4.80. The molecule has 0 radical (unpaired) electrons. The third-order valence-electron chi connectivity index (χ3n) is 3.58. The predicted molar refractivity (Wildman–Crippen MR) is 82.9 cm³/mol. The Morgan fingerprint density at radius 2 is 2.19 bits per heavy atom. The van der Waals surface area contributed by atoms with Gasteiger partial charge in [-0.1, -0.05) is 6.07 Å². The van der Waals surface area contributed by atoms with Crippen LogP contribution in [0.3, 0.4) is 0 Å². The minimum atomic E-state index is -0.0628. The Bertz CT molecular complexity index is 544. The second-order valence-corrected chi connectivity index (χ2v) is 5.54. The van der Waals surface area contributed by atoms with Gasteiger partial charge >= 0.3 is 0 Å². The number of amides is 2. The van der Waals surface area contributed by atoms with E-state index in [0.29, 0.717) is 18.8 Å². The summed E-state index contributed by atoms with van der Waals surface area (Å²) >= 11 is 0. The number of hydrogen-bond acceptors (Lipinski definition) is 4. The largest absolute Gasteiger partial charge is 0.399 e. The number of nitrogens with zero attached hydrogens (tertiary/aromatic N) is 1. The molecule has 0 aromatic heterocycles. The maximum atomic E-state index is 12.1. The molecule has 1 fully saturated rings. The monoisotopic (exact) mass is 290 g/mol. The van der Waals surface area contributed by atoms with E-state index in [9.17, 15) is 9.59 Å². The standard InChI is InChI=1S/C15H22N4O2/c1-10-3-4-12(16)7-14(10)18-15(21)9-19-6-5-13(8-19)17-11(2)20/h3-4,7,13H,5-6,8-9,16H2,1-2H3,(H,17,20)(H,18,21). The number of nitrogen functional groups attached to an aromatic ring is 1. The van der Waals surface area contributed by atoms with Crippen LogP contribution in [0.5, 0.6) is 0 Å². The molecule has 1 unspecified atom stereocenters. The van der Waals surface area contributed by atoms with Crippen LogP contribution in [0.15, 0.2) is 18.2 Å². The summed E-state index contributed by atoms with van der Waals surface area (Å²) in [4.78, 5) is 25.1. The highest BCUT2D eigenvalue weighted by atomic mass is 16.2. The smallest absolute Gasteiger partial charge is 0.238 e. The number of benzene rings is 1. The van der Waals surface area contributed by atoms with E-state index in [4.69, 9.17) is 5.73 Å². The first-order valence-electron chi connectivity index (χ1n) is 7.09. The molecule has 6 heteroatoms. The molecular formula is C15H22N4O2. The van der Waals surface area contributed by atoms with Crippen molar-refractivity contribution < 1.29 is 9.59 Å². The van der Waals surface area contributed by atoms with Crippen LogP contribution in [-0.4, -0.2) is 42.4 Å². The summed E-state index contributed by atoms with van der Waals surface area (Å²) in [5.41, 5.74) is 8.09. The second kappa shape index (κ2) is 6.58. The van der Waals surface area contributed by atoms with Crippen molar-refractivity contribution in [2.24, 2.45) is 0 Å². The van der Waals surface area contributed by atoms with Crippen molar-refractivity contribution in [1.29, 1.82) is 0 Å². The van der Waals surface area contributed by atoms with E-state index >= 15 is 0 Å². The number of carbonyl (C=O) groups is 2. The van der Waals surface area contributed by atoms with Crippen molar-refractivity contribution in [1.82, 2.24) is 10.2 Å². The molecule has 1 aromatic carbocycles. The van der Waals surface area contributed by atoms with Crippen molar-refractivity contribution in [2.45, 2.75) is 26.3 Å². The van der Waals surface area contributed by atoms with E-state index in [2.05, 4.69) is 10.6 Å². The van der Waals surface area contributed by atoms with Gasteiger partial charge in [-0.25, -0.2) is 0 Å². The molecule has 1 atom stereocenters. The molecule has 1 heterocycles. The van der Waals surface area contributed by atoms with E-state index in [1.54, 1.807) is 6.07 Å². The van der Waals surface area contributed by atoms with Crippen LogP contribution >= 0.6 is 0 Å². The lowest BCUT2D eigenvalue weighted by molar-refractivity contribution is -0.119. The van der Waals surface area contributed by atoms with Gasteiger partial charge in [0.25, 0.3) is 0 Å². The van der Waals surface area contributed by atoms with Gasteiger partial charge in [0, 0.05) is 37.4 Å². The molecule has 0 bridgehead atoms. The molecule has 0 spiro atoms. The lowest BCUT2D eigenvalue weighted by Gasteiger charge is -2.16. The van der Waals surface area contributed by atoms with Gasteiger partial charge in [0.1, 0.15) is 0 Å². The van der Waals surface area contributed by atoms with Crippen LogP contribution in [0, 0.1) is 6.92 Å². The molecule has 1 aromatic rings. The maximum absolute atomic E-state index is 12.1. The van der Waals surface area contributed by atoms with E-state index in [1.807, 2.05) is 24.0 Å². The van der Waals surface area contributed by atoms with E-state index in [0.717, 1.165) is 24.2 Å². The molecule has 6 nitrogen and oxygen atoms in total.